The first-order valence-electron chi connectivity index (χ1n) is 8.76. The minimum Gasteiger partial charge on any atom is -0.480 e. The van der Waals surface area contributed by atoms with Crippen molar-refractivity contribution in [3.05, 3.63) is 60.2 Å². The van der Waals surface area contributed by atoms with Crippen molar-refractivity contribution in [1.29, 1.82) is 0 Å². The van der Waals surface area contributed by atoms with Crippen LogP contribution >= 0.6 is 0 Å². The SMILES string of the molecule is O=C(O)C1CCCN1c1nc(NCc2ccccc2)c2ccccc2n1. The zero-order chi connectivity index (χ0) is 17.9. The highest BCUT2D eigenvalue weighted by Crippen LogP contribution is 2.28. The summed E-state index contributed by atoms with van der Waals surface area (Å²) in [6.45, 7) is 1.30. The van der Waals surface area contributed by atoms with Crippen molar-refractivity contribution in [2.45, 2.75) is 25.4 Å². The Bertz CT molecular complexity index is 930. The normalized spacial score (nSPS) is 16.8. The molecule has 2 N–H and O–H groups in total. The van der Waals surface area contributed by atoms with E-state index in [0.717, 1.165) is 28.7 Å². The number of nitrogens with one attached hydrogen (secondary N) is 1. The van der Waals surface area contributed by atoms with E-state index >= 15 is 0 Å². The van der Waals surface area contributed by atoms with Crippen LogP contribution in [0, 0.1) is 0 Å². The summed E-state index contributed by atoms with van der Waals surface area (Å²) in [5.74, 6) is 0.382. The summed E-state index contributed by atoms with van der Waals surface area (Å²) in [5, 5.41) is 13.8. The van der Waals surface area contributed by atoms with Gasteiger partial charge in [-0.15, -0.1) is 0 Å². The van der Waals surface area contributed by atoms with Crippen molar-refractivity contribution < 1.29 is 9.90 Å². The number of aromatic nitrogens is 2. The fourth-order valence-electron chi connectivity index (χ4n) is 3.37. The molecular weight excluding hydrogens is 328 g/mol. The number of nitrogens with zero attached hydrogens (tertiary/aromatic N) is 3. The number of para-hydroxylation sites is 1. The van der Waals surface area contributed by atoms with Crippen LogP contribution in [0.3, 0.4) is 0 Å². The van der Waals surface area contributed by atoms with E-state index in [-0.39, 0.29) is 0 Å². The van der Waals surface area contributed by atoms with Gasteiger partial charge >= 0.3 is 5.97 Å². The molecule has 0 spiro atoms. The molecule has 2 aromatic carbocycles. The van der Waals surface area contributed by atoms with E-state index in [4.69, 9.17) is 0 Å². The first kappa shape index (κ1) is 16.3. The maximum absolute atomic E-state index is 11.5. The van der Waals surface area contributed by atoms with E-state index in [1.54, 1.807) is 4.90 Å². The number of rotatable bonds is 5. The average Bonchev–Trinajstić information content (AvgIpc) is 3.17. The molecule has 1 saturated heterocycles. The first-order valence-corrected chi connectivity index (χ1v) is 8.76. The highest BCUT2D eigenvalue weighted by Gasteiger charge is 2.32. The first-order chi connectivity index (χ1) is 12.7. The van der Waals surface area contributed by atoms with Crippen LogP contribution in [0.1, 0.15) is 18.4 Å². The number of aliphatic carboxylic acids is 1. The molecule has 132 valence electrons. The monoisotopic (exact) mass is 348 g/mol. The second-order valence-corrected chi connectivity index (χ2v) is 6.42. The Morgan fingerprint density at radius 3 is 2.69 bits per heavy atom. The molecule has 2 heterocycles. The number of hydrogen-bond acceptors (Lipinski definition) is 5. The number of fused-ring (bicyclic) bond motifs is 1. The standard InChI is InChI=1S/C20H20N4O2/c25-19(26)17-11-6-12-24(17)20-22-16-10-5-4-9-15(16)18(23-20)21-13-14-7-2-1-3-8-14/h1-5,7-10,17H,6,11-13H2,(H,25,26)(H,21,22,23). The third-order valence-corrected chi connectivity index (χ3v) is 4.69. The van der Waals surface area contributed by atoms with Crippen LogP contribution in [0.5, 0.6) is 0 Å². The van der Waals surface area contributed by atoms with Gasteiger partial charge < -0.3 is 15.3 Å². The van der Waals surface area contributed by atoms with Gasteiger partial charge in [-0.05, 0) is 30.5 Å². The highest BCUT2D eigenvalue weighted by atomic mass is 16.4. The number of carboxylic acids is 1. The fourth-order valence-corrected chi connectivity index (χ4v) is 3.37. The Kier molecular flexibility index (Phi) is 4.39. The van der Waals surface area contributed by atoms with Gasteiger partial charge in [0.1, 0.15) is 11.9 Å². The second kappa shape index (κ2) is 7.00. The molecule has 0 aliphatic carbocycles. The molecule has 0 bridgehead atoms. The summed E-state index contributed by atoms with van der Waals surface area (Å²) in [4.78, 5) is 22.6. The van der Waals surface area contributed by atoms with Crippen molar-refractivity contribution in [2.24, 2.45) is 0 Å². The maximum Gasteiger partial charge on any atom is 0.326 e. The predicted molar refractivity (Wildman–Crippen MR) is 101 cm³/mol. The van der Waals surface area contributed by atoms with Gasteiger partial charge in [0.05, 0.1) is 5.52 Å². The number of anilines is 2. The Morgan fingerprint density at radius 2 is 1.88 bits per heavy atom. The van der Waals surface area contributed by atoms with Crippen LogP contribution in [0.25, 0.3) is 10.9 Å². The molecule has 6 nitrogen and oxygen atoms in total. The molecular formula is C20H20N4O2. The largest absolute Gasteiger partial charge is 0.480 e. The molecule has 6 heteroatoms. The van der Waals surface area contributed by atoms with Crippen LogP contribution in [0.2, 0.25) is 0 Å². The smallest absolute Gasteiger partial charge is 0.326 e. The lowest BCUT2D eigenvalue weighted by atomic mass is 10.2. The lowest BCUT2D eigenvalue weighted by Gasteiger charge is -2.22. The van der Waals surface area contributed by atoms with Gasteiger partial charge in [0.2, 0.25) is 5.95 Å². The third-order valence-electron chi connectivity index (χ3n) is 4.69. The van der Waals surface area contributed by atoms with E-state index in [2.05, 4.69) is 27.4 Å². The lowest BCUT2D eigenvalue weighted by molar-refractivity contribution is -0.138. The maximum atomic E-state index is 11.5. The van der Waals surface area contributed by atoms with Crippen LogP contribution in [0.4, 0.5) is 11.8 Å². The van der Waals surface area contributed by atoms with E-state index in [1.807, 2.05) is 42.5 Å². The lowest BCUT2D eigenvalue weighted by Crippen LogP contribution is -2.37. The minimum absolute atomic E-state index is 0.476. The molecule has 0 amide bonds. The van der Waals surface area contributed by atoms with E-state index < -0.39 is 12.0 Å². The zero-order valence-electron chi connectivity index (χ0n) is 14.3. The van der Waals surface area contributed by atoms with Crippen LogP contribution in [0.15, 0.2) is 54.6 Å². The average molecular weight is 348 g/mol. The number of benzene rings is 2. The molecule has 26 heavy (non-hydrogen) atoms. The molecule has 1 atom stereocenters. The van der Waals surface area contributed by atoms with Crippen molar-refractivity contribution in [2.75, 3.05) is 16.8 Å². The molecule has 1 fully saturated rings. The van der Waals surface area contributed by atoms with Crippen molar-refractivity contribution >= 4 is 28.6 Å². The Morgan fingerprint density at radius 1 is 1.12 bits per heavy atom. The summed E-state index contributed by atoms with van der Waals surface area (Å²) < 4.78 is 0. The van der Waals surface area contributed by atoms with Gasteiger partial charge in [-0.3, -0.25) is 0 Å². The second-order valence-electron chi connectivity index (χ2n) is 6.42. The third kappa shape index (κ3) is 3.18. The molecule has 1 aliphatic heterocycles. The fraction of sp³-hybridized carbons (Fsp3) is 0.250. The molecule has 4 rings (SSSR count). The number of carboxylic acid groups (broad SMARTS) is 1. The summed E-state index contributed by atoms with van der Waals surface area (Å²) in [6.07, 6.45) is 1.46. The molecule has 1 aliphatic rings. The Hall–Kier alpha value is -3.15. The highest BCUT2D eigenvalue weighted by molar-refractivity contribution is 5.90. The minimum atomic E-state index is -0.821. The summed E-state index contributed by atoms with van der Waals surface area (Å²) in [6, 6.07) is 17.3. The van der Waals surface area contributed by atoms with Crippen LogP contribution in [-0.4, -0.2) is 33.6 Å². The molecule has 1 aromatic heterocycles. The summed E-state index contributed by atoms with van der Waals surface area (Å²) in [7, 11) is 0. The molecule has 0 radical (unpaired) electrons. The van der Waals surface area contributed by atoms with E-state index in [0.29, 0.717) is 25.5 Å². The van der Waals surface area contributed by atoms with E-state index in [9.17, 15) is 9.90 Å². The Balaban J connectivity index is 1.70. The summed E-state index contributed by atoms with van der Waals surface area (Å²) >= 11 is 0. The molecule has 3 aromatic rings. The van der Waals surface area contributed by atoms with Crippen molar-refractivity contribution in [1.82, 2.24) is 9.97 Å². The predicted octanol–water partition coefficient (Wildman–Crippen LogP) is 3.30. The van der Waals surface area contributed by atoms with Gasteiger partial charge in [0, 0.05) is 18.5 Å². The number of hydrogen-bond donors (Lipinski definition) is 2. The number of carbonyl (C=O) groups is 1. The van der Waals surface area contributed by atoms with Crippen molar-refractivity contribution in [3.8, 4) is 0 Å². The Labute approximate surface area is 151 Å². The van der Waals surface area contributed by atoms with E-state index in [1.165, 1.54) is 0 Å². The van der Waals surface area contributed by atoms with Gasteiger partial charge in [0.25, 0.3) is 0 Å². The van der Waals surface area contributed by atoms with Crippen LogP contribution in [-0.2, 0) is 11.3 Å². The van der Waals surface area contributed by atoms with Gasteiger partial charge in [-0.1, -0.05) is 42.5 Å². The summed E-state index contributed by atoms with van der Waals surface area (Å²) in [5.41, 5.74) is 1.96. The molecule has 0 saturated carbocycles. The zero-order valence-corrected chi connectivity index (χ0v) is 14.3. The van der Waals surface area contributed by atoms with Gasteiger partial charge in [-0.2, -0.15) is 4.98 Å². The topological polar surface area (TPSA) is 78.3 Å². The van der Waals surface area contributed by atoms with Crippen molar-refractivity contribution in [3.63, 3.8) is 0 Å². The molecule has 1 unspecified atom stereocenters. The van der Waals surface area contributed by atoms with Gasteiger partial charge in [0.15, 0.2) is 0 Å². The van der Waals surface area contributed by atoms with Gasteiger partial charge in [-0.25, -0.2) is 9.78 Å². The quantitative estimate of drug-likeness (QED) is 0.737. The van der Waals surface area contributed by atoms with Crippen LogP contribution < -0.4 is 10.2 Å².